The summed E-state index contributed by atoms with van der Waals surface area (Å²) in [6.07, 6.45) is 2.23. The Morgan fingerprint density at radius 2 is 2.19 bits per heavy atom. The number of nitrogens with zero attached hydrogens (tertiary/aromatic N) is 1. The highest BCUT2D eigenvalue weighted by Gasteiger charge is 2.21. The lowest BCUT2D eigenvalue weighted by Gasteiger charge is -2.24. The molecule has 0 aromatic carbocycles. The van der Waals surface area contributed by atoms with Crippen LogP contribution in [0.1, 0.15) is 37.6 Å². The van der Waals surface area contributed by atoms with E-state index in [1.165, 1.54) is 12.3 Å². The first kappa shape index (κ1) is 12.3. The molecule has 1 aromatic heterocycles. The van der Waals surface area contributed by atoms with Gasteiger partial charge in [0.25, 0.3) is 5.91 Å². The maximum absolute atomic E-state index is 11.2. The lowest BCUT2D eigenvalue weighted by Crippen LogP contribution is -2.29. The Labute approximate surface area is 94.8 Å². The molecule has 0 saturated carbocycles. The van der Waals surface area contributed by atoms with E-state index in [0.717, 1.165) is 6.42 Å². The molecule has 0 saturated heterocycles. The highest BCUT2D eigenvalue weighted by Crippen LogP contribution is 2.23. The Hall–Kier alpha value is -1.78. The van der Waals surface area contributed by atoms with Gasteiger partial charge in [-0.3, -0.25) is 4.79 Å². The number of nitrogen functional groups attached to an aromatic ring is 1. The summed E-state index contributed by atoms with van der Waals surface area (Å²) in [7, 11) is 0. The van der Waals surface area contributed by atoms with E-state index in [-0.39, 0.29) is 11.4 Å². The maximum atomic E-state index is 11.2. The molecule has 1 aromatic rings. The van der Waals surface area contributed by atoms with Gasteiger partial charge in [-0.05, 0) is 26.3 Å². The van der Waals surface area contributed by atoms with E-state index < -0.39 is 11.5 Å². The van der Waals surface area contributed by atoms with Crippen molar-refractivity contribution in [1.82, 2.24) is 4.98 Å². The summed E-state index contributed by atoms with van der Waals surface area (Å²) >= 11 is 0. The van der Waals surface area contributed by atoms with E-state index in [1.807, 2.05) is 20.8 Å². The van der Waals surface area contributed by atoms with E-state index in [0.29, 0.717) is 5.69 Å². The van der Waals surface area contributed by atoms with E-state index in [9.17, 15) is 4.79 Å². The van der Waals surface area contributed by atoms with Crippen LogP contribution in [0.5, 0.6) is 5.88 Å². The van der Waals surface area contributed by atoms with Crippen LogP contribution in [-0.4, -0.2) is 16.5 Å². The molecular formula is C11H17N3O2. The Morgan fingerprint density at radius 1 is 1.56 bits per heavy atom. The molecule has 1 rings (SSSR count). The molecule has 0 spiro atoms. The van der Waals surface area contributed by atoms with Gasteiger partial charge in [-0.1, -0.05) is 6.92 Å². The molecule has 5 heteroatoms. The van der Waals surface area contributed by atoms with Crippen molar-refractivity contribution in [3.63, 3.8) is 0 Å². The summed E-state index contributed by atoms with van der Waals surface area (Å²) in [5.41, 5.74) is 11.0. The zero-order valence-corrected chi connectivity index (χ0v) is 9.78. The zero-order chi connectivity index (χ0) is 12.3. The van der Waals surface area contributed by atoms with Gasteiger partial charge in [0, 0.05) is 0 Å². The Morgan fingerprint density at radius 3 is 2.69 bits per heavy atom. The van der Waals surface area contributed by atoms with Crippen LogP contribution in [0.4, 0.5) is 5.69 Å². The molecule has 16 heavy (non-hydrogen) atoms. The van der Waals surface area contributed by atoms with Crippen molar-refractivity contribution in [3.05, 3.63) is 17.8 Å². The second-order valence-electron chi connectivity index (χ2n) is 4.20. The molecule has 0 unspecified atom stereocenters. The number of carbonyl (C=O) groups excluding carboxylic acids is 1. The molecule has 4 N–H and O–H groups in total. The maximum Gasteiger partial charge on any atom is 0.254 e. The number of nitrogens with two attached hydrogens (primary N) is 2. The molecule has 0 aliphatic carbocycles. The third-order valence-corrected chi connectivity index (χ3v) is 2.36. The van der Waals surface area contributed by atoms with Gasteiger partial charge in [-0.25, -0.2) is 4.98 Å². The summed E-state index contributed by atoms with van der Waals surface area (Å²) in [6.45, 7) is 5.81. The molecule has 0 atom stereocenters. The second kappa shape index (κ2) is 4.38. The monoisotopic (exact) mass is 223 g/mol. The van der Waals surface area contributed by atoms with E-state index >= 15 is 0 Å². The normalized spacial score (nSPS) is 11.2. The number of anilines is 1. The first-order chi connectivity index (χ1) is 7.35. The lowest BCUT2D eigenvalue weighted by molar-refractivity contribution is 0.0907. The number of rotatable bonds is 4. The van der Waals surface area contributed by atoms with Gasteiger partial charge in [0.1, 0.15) is 11.2 Å². The van der Waals surface area contributed by atoms with Gasteiger partial charge in [-0.15, -0.1) is 0 Å². The molecule has 88 valence electrons. The second-order valence-corrected chi connectivity index (χ2v) is 4.20. The highest BCUT2D eigenvalue weighted by atomic mass is 16.5. The van der Waals surface area contributed by atoms with Crippen LogP contribution >= 0.6 is 0 Å². The summed E-state index contributed by atoms with van der Waals surface area (Å²) in [5, 5.41) is 0. The number of aromatic nitrogens is 1. The van der Waals surface area contributed by atoms with Crippen molar-refractivity contribution in [2.75, 3.05) is 5.73 Å². The summed E-state index contributed by atoms with van der Waals surface area (Å²) in [5.74, 6) is -0.366. The molecule has 0 aliphatic rings. The van der Waals surface area contributed by atoms with Gasteiger partial charge in [0.2, 0.25) is 5.88 Å². The fraction of sp³-hybridized carbons (Fsp3) is 0.455. The largest absolute Gasteiger partial charge is 0.471 e. The number of pyridine rings is 1. The minimum absolute atomic E-state index is 0.210. The number of ether oxygens (including phenoxy) is 1. The fourth-order valence-electron chi connectivity index (χ4n) is 1.06. The third-order valence-electron chi connectivity index (χ3n) is 2.36. The first-order valence-corrected chi connectivity index (χ1v) is 5.10. The average Bonchev–Trinajstić information content (AvgIpc) is 2.20. The smallest absolute Gasteiger partial charge is 0.254 e. The third kappa shape index (κ3) is 2.85. The van der Waals surface area contributed by atoms with Gasteiger partial charge in [-0.2, -0.15) is 0 Å². The van der Waals surface area contributed by atoms with Gasteiger partial charge in [0.05, 0.1) is 11.9 Å². The van der Waals surface area contributed by atoms with Gasteiger partial charge >= 0.3 is 0 Å². The van der Waals surface area contributed by atoms with Crippen LogP contribution in [-0.2, 0) is 0 Å². The number of carbonyl (C=O) groups is 1. The van der Waals surface area contributed by atoms with E-state index in [2.05, 4.69) is 4.98 Å². The van der Waals surface area contributed by atoms with Crippen molar-refractivity contribution in [3.8, 4) is 5.88 Å². The van der Waals surface area contributed by atoms with Crippen molar-refractivity contribution in [2.24, 2.45) is 5.73 Å². The average molecular weight is 223 g/mol. The van der Waals surface area contributed by atoms with Crippen LogP contribution in [0, 0.1) is 0 Å². The number of hydrogen-bond donors (Lipinski definition) is 2. The molecule has 5 nitrogen and oxygen atoms in total. The van der Waals surface area contributed by atoms with E-state index in [1.54, 1.807) is 0 Å². The predicted molar refractivity (Wildman–Crippen MR) is 62.2 cm³/mol. The molecule has 0 fully saturated rings. The number of amides is 1. The molecule has 1 amide bonds. The topological polar surface area (TPSA) is 91.2 Å². The van der Waals surface area contributed by atoms with Crippen molar-refractivity contribution in [2.45, 2.75) is 32.8 Å². The predicted octanol–water partition coefficient (Wildman–Crippen LogP) is 1.33. The van der Waals surface area contributed by atoms with Crippen LogP contribution < -0.4 is 16.2 Å². The van der Waals surface area contributed by atoms with Crippen molar-refractivity contribution in [1.29, 1.82) is 0 Å². The molecule has 0 radical (unpaired) electrons. The van der Waals surface area contributed by atoms with Gasteiger partial charge < -0.3 is 16.2 Å². The molecule has 1 heterocycles. The molecule has 0 bridgehead atoms. The van der Waals surface area contributed by atoms with Crippen molar-refractivity contribution < 1.29 is 9.53 Å². The van der Waals surface area contributed by atoms with Crippen LogP contribution in [0.2, 0.25) is 0 Å². The fourth-order valence-corrected chi connectivity index (χ4v) is 1.06. The van der Waals surface area contributed by atoms with E-state index in [4.69, 9.17) is 16.2 Å². The quantitative estimate of drug-likeness (QED) is 0.805. The van der Waals surface area contributed by atoms with Crippen LogP contribution in [0.3, 0.4) is 0 Å². The molecule has 0 aliphatic heterocycles. The van der Waals surface area contributed by atoms with Gasteiger partial charge in [0.15, 0.2) is 0 Å². The Bertz CT molecular complexity index is 402. The van der Waals surface area contributed by atoms with Crippen LogP contribution in [0.25, 0.3) is 0 Å². The standard InChI is InChI=1S/C11H17N3O2/c1-4-11(2,3)16-10-8(9(13)15)5-7(12)6-14-10/h5-6H,4,12H2,1-3H3,(H2,13,15). The minimum Gasteiger partial charge on any atom is -0.471 e. The summed E-state index contributed by atoms with van der Waals surface area (Å²) < 4.78 is 5.63. The van der Waals surface area contributed by atoms with Crippen molar-refractivity contribution >= 4 is 11.6 Å². The Kier molecular flexibility index (Phi) is 3.37. The minimum atomic E-state index is -0.596. The summed E-state index contributed by atoms with van der Waals surface area (Å²) in [4.78, 5) is 15.2. The molecular weight excluding hydrogens is 206 g/mol. The Balaban J connectivity index is 3.09. The number of hydrogen-bond acceptors (Lipinski definition) is 4. The SMILES string of the molecule is CCC(C)(C)Oc1ncc(N)cc1C(N)=O. The lowest BCUT2D eigenvalue weighted by atomic mass is 10.1. The zero-order valence-electron chi connectivity index (χ0n) is 9.78. The number of primary amides is 1. The summed E-state index contributed by atoms with van der Waals surface area (Å²) in [6, 6.07) is 1.47. The highest BCUT2D eigenvalue weighted by molar-refractivity contribution is 5.95. The van der Waals surface area contributed by atoms with Crippen LogP contribution in [0.15, 0.2) is 12.3 Å². The first-order valence-electron chi connectivity index (χ1n) is 5.10.